The van der Waals surface area contributed by atoms with Crippen LogP contribution in [0.3, 0.4) is 0 Å². The van der Waals surface area contributed by atoms with Crippen LogP contribution in [0, 0.1) is 0 Å². The first-order valence-electron chi connectivity index (χ1n) is 5.65. The van der Waals surface area contributed by atoms with Crippen LogP contribution in [0.25, 0.3) is 0 Å². The van der Waals surface area contributed by atoms with Crippen LogP contribution in [-0.4, -0.2) is 18.0 Å². The number of amides is 1. The third kappa shape index (κ3) is 3.54. The summed E-state index contributed by atoms with van der Waals surface area (Å²) in [4.78, 5) is 15.3. The van der Waals surface area contributed by atoms with Gasteiger partial charge in [-0.05, 0) is 12.1 Å². The van der Waals surface area contributed by atoms with Crippen molar-refractivity contribution in [1.82, 2.24) is 4.98 Å². The minimum absolute atomic E-state index is 0.0955. The van der Waals surface area contributed by atoms with Crippen LogP contribution in [0.15, 0.2) is 33.9 Å². The topological polar surface area (TPSA) is 64.4 Å². The summed E-state index contributed by atoms with van der Waals surface area (Å²) in [7, 11) is 1.20. The van der Waals surface area contributed by atoms with Gasteiger partial charge in [0, 0.05) is 12.0 Å². The van der Waals surface area contributed by atoms with Gasteiger partial charge in [-0.3, -0.25) is 10.1 Å². The molecule has 0 saturated carbocycles. The molecule has 0 atom stereocenters. The molecule has 1 aromatic carbocycles. The van der Waals surface area contributed by atoms with Gasteiger partial charge in [0.1, 0.15) is 6.26 Å². The van der Waals surface area contributed by atoms with Crippen molar-refractivity contribution in [3.05, 3.63) is 40.7 Å². The number of hydrogen-bond acceptors (Lipinski definition) is 5. The molecule has 5 nitrogen and oxygen atoms in total. The smallest absolute Gasteiger partial charge is 0.417 e. The van der Waals surface area contributed by atoms with Crippen molar-refractivity contribution < 1.29 is 26.6 Å². The SMILES string of the molecule is COSc1c(C(F)(F)F)ccc(C(=O)Nc2ncco2)c1Cl. The maximum absolute atomic E-state index is 12.9. The number of carbonyl (C=O) groups is 1. The van der Waals surface area contributed by atoms with Gasteiger partial charge in [0.2, 0.25) is 0 Å². The van der Waals surface area contributed by atoms with E-state index in [1.165, 1.54) is 19.6 Å². The molecule has 0 fully saturated rings. The Morgan fingerprint density at radius 1 is 1.45 bits per heavy atom. The van der Waals surface area contributed by atoms with Crippen molar-refractivity contribution in [3.8, 4) is 0 Å². The molecule has 0 aliphatic carbocycles. The minimum atomic E-state index is -4.62. The zero-order chi connectivity index (χ0) is 16.3. The number of nitrogens with zero attached hydrogens (tertiary/aromatic N) is 1. The summed E-state index contributed by atoms with van der Waals surface area (Å²) in [5.41, 5.74) is -1.15. The Hall–Kier alpha value is -1.71. The average molecular weight is 353 g/mol. The average Bonchev–Trinajstić information content (AvgIpc) is 2.92. The van der Waals surface area contributed by atoms with E-state index in [1.807, 2.05) is 0 Å². The zero-order valence-corrected chi connectivity index (χ0v) is 12.5. The van der Waals surface area contributed by atoms with E-state index in [4.69, 9.17) is 16.0 Å². The molecule has 1 N–H and O–H groups in total. The maximum Gasteiger partial charge on any atom is 0.417 e. The van der Waals surface area contributed by atoms with E-state index < -0.39 is 22.5 Å². The molecule has 0 saturated heterocycles. The van der Waals surface area contributed by atoms with E-state index in [-0.39, 0.29) is 16.6 Å². The molecule has 2 aromatic rings. The lowest BCUT2D eigenvalue weighted by Crippen LogP contribution is -2.15. The highest BCUT2D eigenvalue weighted by atomic mass is 35.5. The normalized spacial score (nSPS) is 11.5. The van der Waals surface area contributed by atoms with Crippen LogP contribution < -0.4 is 5.32 Å². The van der Waals surface area contributed by atoms with Crippen LogP contribution in [-0.2, 0) is 10.4 Å². The number of halogens is 4. The number of oxazole rings is 1. The summed E-state index contributed by atoms with van der Waals surface area (Å²) < 4.78 is 48.3. The van der Waals surface area contributed by atoms with Gasteiger partial charge in [-0.1, -0.05) is 11.6 Å². The summed E-state index contributed by atoms with van der Waals surface area (Å²) in [5, 5.41) is 1.90. The Morgan fingerprint density at radius 2 is 2.18 bits per heavy atom. The quantitative estimate of drug-likeness (QED) is 0.833. The molecule has 0 aliphatic heterocycles. The highest BCUT2D eigenvalue weighted by Crippen LogP contribution is 2.42. The van der Waals surface area contributed by atoms with E-state index in [0.717, 1.165) is 12.1 Å². The molecule has 22 heavy (non-hydrogen) atoms. The summed E-state index contributed by atoms with van der Waals surface area (Å²) in [6, 6.07) is 1.64. The van der Waals surface area contributed by atoms with Gasteiger partial charge >= 0.3 is 12.2 Å². The lowest BCUT2D eigenvalue weighted by Gasteiger charge is -2.15. The van der Waals surface area contributed by atoms with Gasteiger partial charge < -0.3 is 8.60 Å². The van der Waals surface area contributed by atoms with Crippen molar-refractivity contribution in [2.24, 2.45) is 0 Å². The second kappa shape index (κ2) is 6.59. The van der Waals surface area contributed by atoms with Crippen molar-refractivity contribution in [2.45, 2.75) is 11.1 Å². The monoisotopic (exact) mass is 352 g/mol. The number of benzene rings is 1. The Balaban J connectivity index is 2.41. The molecule has 1 amide bonds. The number of rotatable bonds is 4. The molecule has 0 unspecified atom stereocenters. The van der Waals surface area contributed by atoms with E-state index in [0.29, 0.717) is 12.0 Å². The Kier molecular flexibility index (Phi) is 4.99. The standard InChI is InChI=1S/C12H8ClF3N2O3S/c1-20-22-9-7(12(14,15)16)3-2-6(8(9)13)10(19)18-11-17-4-5-21-11/h2-5H,1H3,(H,17,18,19). The summed E-state index contributed by atoms with van der Waals surface area (Å²) in [6.07, 6.45) is -2.09. The van der Waals surface area contributed by atoms with Crippen LogP contribution in [0.5, 0.6) is 0 Å². The van der Waals surface area contributed by atoms with E-state index >= 15 is 0 Å². The molecule has 1 aromatic heterocycles. The number of alkyl halides is 3. The molecular formula is C12H8ClF3N2O3S. The zero-order valence-electron chi connectivity index (χ0n) is 10.9. The minimum Gasteiger partial charge on any atom is -0.432 e. The Labute approximate surface area is 132 Å². The summed E-state index contributed by atoms with van der Waals surface area (Å²) >= 11 is 6.35. The van der Waals surface area contributed by atoms with Gasteiger partial charge in [-0.2, -0.15) is 13.2 Å². The second-order valence-electron chi connectivity index (χ2n) is 3.84. The summed E-state index contributed by atoms with van der Waals surface area (Å²) in [6.45, 7) is 0. The maximum atomic E-state index is 12.9. The van der Waals surface area contributed by atoms with Gasteiger partial charge in [0.05, 0.1) is 34.4 Å². The molecule has 0 bridgehead atoms. The molecule has 2 rings (SSSR count). The highest BCUT2D eigenvalue weighted by Gasteiger charge is 2.36. The van der Waals surface area contributed by atoms with Crippen molar-refractivity contribution in [3.63, 3.8) is 0 Å². The fraction of sp³-hybridized carbons (Fsp3) is 0.167. The fourth-order valence-corrected chi connectivity index (χ4v) is 2.54. The number of carbonyl (C=O) groups excluding carboxylic acids is 1. The fourth-order valence-electron chi connectivity index (χ4n) is 1.57. The van der Waals surface area contributed by atoms with Crippen LogP contribution in [0.4, 0.5) is 19.2 Å². The third-order valence-corrected chi connectivity index (χ3v) is 3.73. The van der Waals surface area contributed by atoms with E-state index in [9.17, 15) is 18.0 Å². The second-order valence-corrected chi connectivity index (χ2v) is 5.13. The van der Waals surface area contributed by atoms with Gasteiger partial charge in [-0.25, -0.2) is 4.98 Å². The van der Waals surface area contributed by atoms with Crippen molar-refractivity contribution in [1.29, 1.82) is 0 Å². The number of nitrogens with one attached hydrogen (secondary N) is 1. The molecule has 10 heteroatoms. The van der Waals surface area contributed by atoms with Gasteiger partial charge in [0.15, 0.2) is 0 Å². The Bertz CT molecular complexity index is 677. The third-order valence-electron chi connectivity index (χ3n) is 2.47. The molecule has 0 aliphatic rings. The first-order valence-corrected chi connectivity index (χ1v) is 6.77. The lowest BCUT2D eigenvalue weighted by atomic mass is 10.1. The molecule has 118 valence electrons. The van der Waals surface area contributed by atoms with Crippen LogP contribution in [0.2, 0.25) is 5.02 Å². The van der Waals surface area contributed by atoms with Gasteiger partial charge in [0.25, 0.3) is 5.91 Å². The number of aromatic nitrogens is 1. The highest BCUT2D eigenvalue weighted by molar-refractivity contribution is 7.94. The van der Waals surface area contributed by atoms with Crippen molar-refractivity contribution >= 4 is 35.6 Å². The first kappa shape index (κ1) is 16.7. The first-order chi connectivity index (χ1) is 10.3. The number of anilines is 1. The van der Waals surface area contributed by atoms with Crippen molar-refractivity contribution in [2.75, 3.05) is 12.4 Å². The molecular weight excluding hydrogens is 345 g/mol. The molecule has 0 radical (unpaired) electrons. The summed E-state index contributed by atoms with van der Waals surface area (Å²) in [5.74, 6) is -0.751. The predicted molar refractivity (Wildman–Crippen MR) is 73.8 cm³/mol. The molecule has 0 spiro atoms. The number of hydrogen-bond donors (Lipinski definition) is 1. The Morgan fingerprint density at radius 3 is 2.73 bits per heavy atom. The van der Waals surface area contributed by atoms with E-state index in [2.05, 4.69) is 14.5 Å². The van der Waals surface area contributed by atoms with Crippen LogP contribution in [0.1, 0.15) is 15.9 Å². The van der Waals surface area contributed by atoms with E-state index in [1.54, 1.807) is 0 Å². The lowest BCUT2D eigenvalue weighted by molar-refractivity contribution is -0.139. The van der Waals surface area contributed by atoms with Crippen LogP contribution >= 0.6 is 23.6 Å². The largest absolute Gasteiger partial charge is 0.432 e. The predicted octanol–water partition coefficient (Wildman–Crippen LogP) is 4.25. The van der Waals surface area contributed by atoms with Gasteiger partial charge in [-0.15, -0.1) is 0 Å². The molecule has 1 heterocycles.